The van der Waals surface area contributed by atoms with Crippen LogP contribution in [0.4, 0.5) is 0 Å². The van der Waals surface area contributed by atoms with Gasteiger partial charge in [0.05, 0.1) is 6.20 Å². The Morgan fingerprint density at radius 2 is 1.95 bits per heavy atom. The SMILES string of the molecule is CC(=Cc1ccc(Oc2cccnc2)cc1)CCl.Cl. The van der Waals surface area contributed by atoms with Crippen molar-refractivity contribution in [1.29, 1.82) is 0 Å². The summed E-state index contributed by atoms with van der Waals surface area (Å²) < 4.78 is 5.66. The standard InChI is InChI=1S/C15H14ClNO.ClH/c1-12(10-16)9-13-4-6-14(7-5-13)18-15-3-2-8-17-11-15;/h2-9,11H,10H2,1H3;1H. The van der Waals surface area contributed by atoms with Crippen LogP contribution in [0.15, 0.2) is 54.4 Å². The number of hydrogen-bond acceptors (Lipinski definition) is 2. The number of hydrogen-bond donors (Lipinski definition) is 0. The summed E-state index contributed by atoms with van der Waals surface area (Å²) in [6.07, 6.45) is 5.46. The van der Waals surface area contributed by atoms with Crippen molar-refractivity contribution in [3.8, 4) is 11.5 Å². The minimum absolute atomic E-state index is 0. The second kappa shape index (κ2) is 7.82. The summed E-state index contributed by atoms with van der Waals surface area (Å²) >= 11 is 5.74. The van der Waals surface area contributed by atoms with Crippen LogP contribution in [-0.2, 0) is 0 Å². The Hall–Kier alpha value is -1.51. The second-order valence-electron chi connectivity index (χ2n) is 3.98. The maximum absolute atomic E-state index is 5.74. The van der Waals surface area contributed by atoms with Crippen LogP contribution in [0.3, 0.4) is 0 Å². The van der Waals surface area contributed by atoms with E-state index in [2.05, 4.69) is 11.1 Å². The van der Waals surface area contributed by atoms with E-state index in [1.165, 1.54) is 0 Å². The van der Waals surface area contributed by atoms with Crippen molar-refractivity contribution in [2.24, 2.45) is 0 Å². The van der Waals surface area contributed by atoms with Gasteiger partial charge in [-0.25, -0.2) is 0 Å². The van der Waals surface area contributed by atoms with Crippen molar-refractivity contribution >= 4 is 30.1 Å². The van der Waals surface area contributed by atoms with Crippen LogP contribution in [0.5, 0.6) is 11.5 Å². The van der Waals surface area contributed by atoms with Crippen molar-refractivity contribution in [1.82, 2.24) is 4.98 Å². The second-order valence-corrected chi connectivity index (χ2v) is 4.25. The highest BCUT2D eigenvalue weighted by atomic mass is 35.5. The zero-order chi connectivity index (χ0) is 12.8. The highest BCUT2D eigenvalue weighted by molar-refractivity contribution is 6.19. The van der Waals surface area contributed by atoms with E-state index in [0.717, 1.165) is 22.6 Å². The predicted octanol–water partition coefficient (Wildman–Crippen LogP) is 4.94. The normalized spacial score (nSPS) is 10.7. The van der Waals surface area contributed by atoms with Crippen LogP contribution < -0.4 is 4.74 Å². The van der Waals surface area contributed by atoms with E-state index in [-0.39, 0.29) is 12.4 Å². The van der Waals surface area contributed by atoms with Gasteiger partial charge in [0, 0.05) is 12.1 Å². The van der Waals surface area contributed by atoms with Crippen LogP contribution in [0.1, 0.15) is 12.5 Å². The van der Waals surface area contributed by atoms with E-state index >= 15 is 0 Å². The quantitative estimate of drug-likeness (QED) is 0.746. The van der Waals surface area contributed by atoms with Crippen molar-refractivity contribution in [3.63, 3.8) is 0 Å². The molecule has 1 heterocycles. The Morgan fingerprint density at radius 3 is 2.53 bits per heavy atom. The fraction of sp³-hybridized carbons (Fsp3) is 0.133. The summed E-state index contributed by atoms with van der Waals surface area (Å²) in [7, 11) is 0. The molecule has 0 aliphatic carbocycles. The first-order valence-electron chi connectivity index (χ1n) is 5.69. The highest BCUT2D eigenvalue weighted by Crippen LogP contribution is 2.21. The molecule has 0 aliphatic rings. The van der Waals surface area contributed by atoms with Crippen molar-refractivity contribution in [2.45, 2.75) is 6.92 Å². The van der Waals surface area contributed by atoms with Gasteiger partial charge in [-0.05, 0) is 36.8 Å². The lowest BCUT2D eigenvalue weighted by Gasteiger charge is -2.05. The Morgan fingerprint density at radius 1 is 1.21 bits per heavy atom. The monoisotopic (exact) mass is 295 g/mol. The van der Waals surface area contributed by atoms with Crippen molar-refractivity contribution in [3.05, 3.63) is 59.9 Å². The molecule has 0 bridgehead atoms. The number of pyridine rings is 1. The highest BCUT2D eigenvalue weighted by Gasteiger charge is 1.97. The van der Waals surface area contributed by atoms with Gasteiger partial charge in [0.25, 0.3) is 0 Å². The molecule has 0 N–H and O–H groups in total. The molecule has 2 aromatic rings. The van der Waals surface area contributed by atoms with E-state index in [0.29, 0.717) is 5.88 Å². The zero-order valence-corrected chi connectivity index (χ0v) is 12.1. The Kier molecular flexibility index (Phi) is 6.40. The summed E-state index contributed by atoms with van der Waals surface area (Å²) in [6, 6.07) is 11.6. The third-order valence-electron chi connectivity index (χ3n) is 2.37. The fourth-order valence-electron chi connectivity index (χ4n) is 1.50. The molecule has 4 heteroatoms. The molecule has 2 rings (SSSR count). The van der Waals surface area contributed by atoms with E-state index in [9.17, 15) is 0 Å². The molecule has 0 atom stereocenters. The molecular weight excluding hydrogens is 281 g/mol. The number of ether oxygens (including phenoxy) is 1. The maximum atomic E-state index is 5.74. The summed E-state index contributed by atoms with van der Waals surface area (Å²) in [5.74, 6) is 2.08. The molecule has 0 unspecified atom stereocenters. The number of rotatable bonds is 4. The number of alkyl halides is 1. The zero-order valence-electron chi connectivity index (χ0n) is 10.5. The molecule has 0 aliphatic heterocycles. The number of halogens is 2. The Labute approximate surface area is 124 Å². The number of aromatic nitrogens is 1. The molecule has 0 amide bonds. The van der Waals surface area contributed by atoms with Gasteiger partial charge in [-0.15, -0.1) is 24.0 Å². The molecule has 0 saturated carbocycles. The summed E-state index contributed by atoms with van der Waals surface area (Å²) in [6.45, 7) is 2.01. The van der Waals surface area contributed by atoms with Gasteiger partial charge < -0.3 is 4.74 Å². The molecular formula is C15H15Cl2NO. The molecule has 2 nitrogen and oxygen atoms in total. The maximum Gasteiger partial charge on any atom is 0.145 e. The molecule has 1 aromatic heterocycles. The van der Waals surface area contributed by atoms with Gasteiger partial charge in [0.1, 0.15) is 11.5 Å². The summed E-state index contributed by atoms with van der Waals surface area (Å²) in [5, 5.41) is 0. The Balaban J connectivity index is 0.00000180. The number of benzene rings is 1. The smallest absolute Gasteiger partial charge is 0.145 e. The summed E-state index contributed by atoms with van der Waals surface area (Å²) in [5.41, 5.74) is 2.25. The number of nitrogens with zero attached hydrogens (tertiary/aromatic N) is 1. The van der Waals surface area contributed by atoms with Crippen molar-refractivity contribution < 1.29 is 4.74 Å². The van der Waals surface area contributed by atoms with E-state index in [1.807, 2.05) is 43.3 Å². The summed E-state index contributed by atoms with van der Waals surface area (Å²) in [4.78, 5) is 4.00. The van der Waals surface area contributed by atoms with Crippen LogP contribution in [-0.4, -0.2) is 10.9 Å². The van der Waals surface area contributed by atoms with Gasteiger partial charge in [-0.3, -0.25) is 4.98 Å². The largest absolute Gasteiger partial charge is 0.456 e. The van der Waals surface area contributed by atoms with Gasteiger partial charge in [0.15, 0.2) is 0 Å². The van der Waals surface area contributed by atoms with Crippen LogP contribution in [0, 0.1) is 0 Å². The van der Waals surface area contributed by atoms with Crippen LogP contribution in [0.25, 0.3) is 6.08 Å². The average molecular weight is 296 g/mol. The van der Waals surface area contributed by atoms with E-state index < -0.39 is 0 Å². The molecule has 100 valence electrons. The molecule has 0 saturated heterocycles. The topological polar surface area (TPSA) is 22.1 Å². The first kappa shape index (κ1) is 15.5. The number of allylic oxidation sites excluding steroid dienone is 1. The lowest BCUT2D eigenvalue weighted by atomic mass is 10.1. The lowest BCUT2D eigenvalue weighted by Crippen LogP contribution is -1.85. The van der Waals surface area contributed by atoms with Crippen LogP contribution >= 0.6 is 24.0 Å². The van der Waals surface area contributed by atoms with Gasteiger partial charge in [-0.1, -0.05) is 23.8 Å². The molecule has 19 heavy (non-hydrogen) atoms. The molecule has 0 radical (unpaired) electrons. The van der Waals surface area contributed by atoms with Gasteiger partial charge in [0.2, 0.25) is 0 Å². The third kappa shape index (κ3) is 4.93. The first-order chi connectivity index (χ1) is 8.78. The first-order valence-corrected chi connectivity index (χ1v) is 6.22. The molecule has 1 aromatic carbocycles. The van der Waals surface area contributed by atoms with Gasteiger partial charge in [-0.2, -0.15) is 0 Å². The van der Waals surface area contributed by atoms with Gasteiger partial charge >= 0.3 is 0 Å². The van der Waals surface area contributed by atoms with E-state index in [4.69, 9.17) is 16.3 Å². The van der Waals surface area contributed by atoms with E-state index in [1.54, 1.807) is 12.4 Å². The van der Waals surface area contributed by atoms with Crippen molar-refractivity contribution in [2.75, 3.05) is 5.88 Å². The Bertz CT molecular complexity index is 524. The van der Waals surface area contributed by atoms with Crippen LogP contribution in [0.2, 0.25) is 0 Å². The minimum Gasteiger partial charge on any atom is -0.456 e. The predicted molar refractivity (Wildman–Crippen MR) is 82.4 cm³/mol. The third-order valence-corrected chi connectivity index (χ3v) is 2.80. The minimum atomic E-state index is 0. The molecule has 0 fully saturated rings. The lowest BCUT2D eigenvalue weighted by molar-refractivity contribution is 0.480. The average Bonchev–Trinajstić information content (AvgIpc) is 2.42. The molecule has 0 spiro atoms. The fourth-order valence-corrected chi connectivity index (χ4v) is 1.58.